The molecule has 0 aliphatic carbocycles. The molecule has 12 heavy (non-hydrogen) atoms. The number of hydrogen-bond acceptors (Lipinski definition) is 5. The third-order valence-corrected chi connectivity index (χ3v) is 1.33. The lowest BCUT2D eigenvalue weighted by molar-refractivity contribution is 1.00. The number of H-pyrrole nitrogens is 1. The van der Waals surface area contributed by atoms with Crippen molar-refractivity contribution in [2.24, 2.45) is 5.73 Å². The van der Waals surface area contributed by atoms with Crippen LogP contribution in [0.25, 0.3) is 0 Å². The van der Waals surface area contributed by atoms with Gasteiger partial charge in [-0.3, -0.25) is 4.79 Å². The number of aromatic nitrogens is 2. The first-order chi connectivity index (χ1) is 5.75. The number of rotatable bonds is 3. The van der Waals surface area contributed by atoms with Gasteiger partial charge in [0.15, 0.2) is 5.82 Å². The summed E-state index contributed by atoms with van der Waals surface area (Å²) in [6, 6.07) is 0. The van der Waals surface area contributed by atoms with Gasteiger partial charge < -0.3 is 21.8 Å². The van der Waals surface area contributed by atoms with Crippen molar-refractivity contribution >= 4 is 11.5 Å². The molecule has 0 bridgehead atoms. The second kappa shape index (κ2) is 3.72. The highest BCUT2D eigenvalue weighted by Crippen LogP contribution is 2.05. The molecule has 0 amide bonds. The Morgan fingerprint density at radius 1 is 1.67 bits per heavy atom. The van der Waals surface area contributed by atoms with Crippen LogP contribution in [0, 0.1) is 0 Å². The largest absolute Gasteiger partial charge is 0.391 e. The number of nitrogens with one attached hydrogen (secondary N) is 2. The second-order valence-electron chi connectivity index (χ2n) is 2.21. The van der Waals surface area contributed by atoms with Gasteiger partial charge >= 0.3 is 0 Å². The molecule has 1 rings (SSSR count). The van der Waals surface area contributed by atoms with Crippen molar-refractivity contribution in [3.05, 3.63) is 16.7 Å². The first kappa shape index (κ1) is 8.54. The lowest BCUT2D eigenvalue weighted by atomic mass is 10.4. The van der Waals surface area contributed by atoms with Gasteiger partial charge in [0, 0.05) is 13.1 Å². The maximum Gasteiger partial charge on any atom is 0.276 e. The highest BCUT2D eigenvalue weighted by molar-refractivity contribution is 5.58. The van der Waals surface area contributed by atoms with E-state index in [0.717, 1.165) is 0 Å². The molecule has 0 unspecified atom stereocenters. The van der Waals surface area contributed by atoms with E-state index in [1.807, 2.05) is 0 Å². The molecule has 0 aliphatic rings. The summed E-state index contributed by atoms with van der Waals surface area (Å²) in [6.07, 6.45) is 1.29. The number of aromatic amines is 1. The Bertz CT molecular complexity index is 307. The highest BCUT2D eigenvalue weighted by atomic mass is 16.1. The molecule has 0 saturated carbocycles. The van der Waals surface area contributed by atoms with Gasteiger partial charge in [0.1, 0.15) is 5.69 Å². The molecule has 1 heterocycles. The van der Waals surface area contributed by atoms with E-state index in [1.165, 1.54) is 6.33 Å². The number of nitrogen functional groups attached to an aromatic ring is 1. The van der Waals surface area contributed by atoms with Crippen LogP contribution in [0.15, 0.2) is 11.1 Å². The van der Waals surface area contributed by atoms with Crippen LogP contribution in [-0.4, -0.2) is 23.1 Å². The van der Waals surface area contributed by atoms with Crippen molar-refractivity contribution in [3.63, 3.8) is 0 Å². The van der Waals surface area contributed by atoms with E-state index in [-0.39, 0.29) is 11.2 Å². The molecule has 0 aromatic carbocycles. The fourth-order valence-electron chi connectivity index (χ4n) is 0.742. The van der Waals surface area contributed by atoms with Gasteiger partial charge in [-0.05, 0) is 0 Å². The van der Waals surface area contributed by atoms with Gasteiger partial charge in [-0.1, -0.05) is 0 Å². The standard InChI is InChI=1S/C6H11N5O/c7-1-2-9-5-4(8)6(12)11-3-10-5/h3H,1-2,7-8H2,(H2,9,10,11,12). The summed E-state index contributed by atoms with van der Waals surface area (Å²) < 4.78 is 0. The quantitative estimate of drug-likeness (QED) is 0.450. The summed E-state index contributed by atoms with van der Waals surface area (Å²) >= 11 is 0. The van der Waals surface area contributed by atoms with Crippen molar-refractivity contribution in [1.82, 2.24) is 9.97 Å². The Morgan fingerprint density at radius 3 is 3.08 bits per heavy atom. The van der Waals surface area contributed by atoms with Gasteiger partial charge in [0.05, 0.1) is 6.33 Å². The molecule has 0 aliphatic heterocycles. The van der Waals surface area contributed by atoms with Crippen molar-refractivity contribution in [2.45, 2.75) is 0 Å². The summed E-state index contributed by atoms with van der Waals surface area (Å²) in [5, 5.41) is 2.82. The minimum atomic E-state index is -0.343. The van der Waals surface area contributed by atoms with Gasteiger partial charge in [0.2, 0.25) is 0 Å². The van der Waals surface area contributed by atoms with Crippen molar-refractivity contribution in [1.29, 1.82) is 0 Å². The van der Waals surface area contributed by atoms with Crippen molar-refractivity contribution in [3.8, 4) is 0 Å². The fourth-order valence-corrected chi connectivity index (χ4v) is 0.742. The average Bonchev–Trinajstić information content (AvgIpc) is 2.08. The molecule has 66 valence electrons. The summed E-state index contributed by atoms with van der Waals surface area (Å²) in [7, 11) is 0. The first-order valence-electron chi connectivity index (χ1n) is 3.53. The Balaban J connectivity index is 2.85. The molecule has 0 spiro atoms. The molecule has 0 radical (unpaired) electrons. The van der Waals surface area contributed by atoms with Crippen LogP contribution in [0.2, 0.25) is 0 Å². The molecule has 0 fully saturated rings. The molecule has 6 heteroatoms. The van der Waals surface area contributed by atoms with Crippen LogP contribution < -0.4 is 22.3 Å². The molecule has 0 saturated heterocycles. The minimum Gasteiger partial charge on any atom is -0.391 e. The van der Waals surface area contributed by atoms with E-state index in [1.54, 1.807) is 0 Å². The van der Waals surface area contributed by atoms with Crippen LogP contribution >= 0.6 is 0 Å². The summed E-state index contributed by atoms with van der Waals surface area (Å²) in [6.45, 7) is 1.01. The number of hydrogen-bond donors (Lipinski definition) is 4. The zero-order valence-corrected chi connectivity index (χ0v) is 6.50. The molecule has 6 nitrogen and oxygen atoms in total. The van der Waals surface area contributed by atoms with E-state index in [9.17, 15) is 4.79 Å². The molecule has 1 aromatic rings. The third-order valence-electron chi connectivity index (χ3n) is 1.33. The summed E-state index contributed by atoms with van der Waals surface area (Å²) in [5.74, 6) is 0.379. The van der Waals surface area contributed by atoms with Crippen LogP contribution in [0.4, 0.5) is 11.5 Å². The van der Waals surface area contributed by atoms with Gasteiger partial charge in [-0.25, -0.2) is 4.98 Å². The van der Waals surface area contributed by atoms with E-state index in [2.05, 4.69) is 15.3 Å². The maximum atomic E-state index is 10.9. The van der Waals surface area contributed by atoms with Gasteiger partial charge in [0.25, 0.3) is 5.56 Å². The Morgan fingerprint density at radius 2 is 2.42 bits per heavy atom. The predicted molar refractivity (Wildman–Crippen MR) is 46.8 cm³/mol. The Hall–Kier alpha value is -1.56. The van der Waals surface area contributed by atoms with Crippen LogP contribution in [-0.2, 0) is 0 Å². The Labute approximate surface area is 69.0 Å². The maximum absolute atomic E-state index is 10.9. The number of anilines is 2. The van der Waals surface area contributed by atoms with Gasteiger partial charge in [-0.15, -0.1) is 0 Å². The van der Waals surface area contributed by atoms with E-state index >= 15 is 0 Å². The molecule has 0 atom stereocenters. The molecule has 6 N–H and O–H groups in total. The molecular formula is C6H11N5O. The first-order valence-corrected chi connectivity index (χ1v) is 3.53. The lowest BCUT2D eigenvalue weighted by Gasteiger charge is -2.04. The highest BCUT2D eigenvalue weighted by Gasteiger charge is 2.01. The van der Waals surface area contributed by atoms with Crippen LogP contribution in [0.1, 0.15) is 0 Å². The van der Waals surface area contributed by atoms with E-state index in [0.29, 0.717) is 18.9 Å². The summed E-state index contributed by atoms with van der Waals surface area (Å²) in [5.41, 5.74) is 10.4. The van der Waals surface area contributed by atoms with Crippen LogP contribution in [0.5, 0.6) is 0 Å². The zero-order chi connectivity index (χ0) is 8.97. The predicted octanol–water partition coefficient (Wildman–Crippen LogP) is -1.28. The second-order valence-corrected chi connectivity index (χ2v) is 2.21. The lowest BCUT2D eigenvalue weighted by Crippen LogP contribution is -2.19. The third kappa shape index (κ3) is 1.73. The average molecular weight is 169 g/mol. The smallest absolute Gasteiger partial charge is 0.276 e. The number of nitrogens with zero attached hydrogens (tertiary/aromatic N) is 1. The van der Waals surface area contributed by atoms with Gasteiger partial charge in [-0.2, -0.15) is 0 Å². The molecular weight excluding hydrogens is 158 g/mol. The van der Waals surface area contributed by atoms with Crippen molar-refractivity contribution in [2.75, 3.05) is 24.1 Å². The number of nitrogens with two attached hydrogens (primary N) is 2. The SMILES string of the molecule is NCCNc1nc[nH]c(=O)c1N. The fraction of sp³-hybridized carbons (Fsp3) is 0.333. The normalized spacial score (nSPS) is 9.75. The van der Waals surface area contributed by atoms with Crippen LogP contribution in [0.3, 0.4) is 0 Å². The monoisotopic (exact) mass is 169 g/mol. The summed E-state index contributed by atoms with van der Waals surface area (Å²) in [4.78, 5) is 17.1. The van der Waals surface area contributed by atoms with E-state index in [4.69, 9.17) is 11.5 Å². The van der Waals surface area contributed by atoms with E-state index < -0.39 is 0 Å². The minimum absolute atomic E-state index is 0.0888. The zero-order valence-electron chi connectivity index (χ0n) is 6.50. The Kier molecular flexibility index (Phi) is 2.65. The topological polar surface area (TPSA) is 110 Å². The van der Waals surface area contributed by atoms with Crippen molar-refractivity contribution < 1.29 is 0 Å². The molecule has 1 aromatic heterocycles.